The van der Waals surface area contributed by atoms with Gasteiger partial charge in [0.15, 0.2) is 0 Å². The van der Waals surface area contributed by atoms with Crippen LogP contribution in [0.2, 0.25) is 0 Å². The lowest BCUT2D eigenvalue weighted by Gasteiger charge is -2.35. The normalized spacial score (nSPS) is 22.9. The molecule has 140 valence electrons. The number of rotatable bonds is 3. The molecule has 0 spiro atoms. The Balaban J connectivity index is 1.83. The molecular weight excluding hydrogens is 355 g/mol. The first-order chi connectivity index (χ1) is 11.8. The summed E-state index contributed by atoms with van der Waals surface area (Å²) < 4.78 is 65.1. The number of benzene rings is 1. The van der Waals surface area contributed by atoms with Crippen molar-refractivity contribution in [3.05, 3.63) is 29.3 Å². The molecule has 25 heavy (non-hydrogen) atoms. The molecule has 8 heteroatoms. The molecule has 4 nitrogen and oxygen atoms in total. The van der Waals surface area contributed by atoms with Crippen molar-refractivity contribution in [2.45, 2.75) is 56.5 Å². The maximum Gasteiger partial charge on any atom is 0.534 e. The second kappa shape index (κ2) is 7.15. The summed E-state index contributed by atoms with van der Waals surface area (Å²) >= 11 is 0. The van der Waals surface area contributed by atoms with Crippen molar-refractivity contribution in [3.63, 3.8) is 0 Å². The van der Waals surface area contributed by atoms with E-state index in [4.69, 9.17) is 0 Å². The van der Waals surface area contributed by atoms with Crippen LogP contribution in [0.4, 0.5) is 13.2 Å². The summed E-state index contributed by atoms with van der Waals surface area (Å²) in [6.45, 7) is 1.98. The molecule has 1 atom stereocenters. The van der Waals surface area contributed by atoms with E-state index in [0.29, 0.717) is 12.0 Å². The van der Waals surface area contributed by atoms with Crippen LogP contribution in [-0.2, 0) is 23.0 Å². The van der Waals surface area contributed by atoms with Crippen LogP contribution in [0.25, 0.3) is 0 Å². The Morgan fingerprint density at radius 3 is 2.40 bits per heavy atom. The van der Waals surface area contributed by atoms with E-state index in [1.54, 1.807) is 6.07 Å². The van der Waals surface area contributed by atoms with Crippen LogP contribution < -0.4 is 4.18 Å². The summed E-state index contributed by atoms with van der Waals surface area (Å²) in [5, 5.41) is 0. The number of nitrogens with zero attached hydrogens (tertiary/aromatic N) is 1. The summed E-state index contributed by atoms with van der Waals surface area (Å²) in [6, 6.07) is 4.92. The van der Waals surface area contributed by atoms with E-state index in [-0.39, 0.29) is 11.8 Å². The predicted octanol–water partition coefficient (Wildman–Crippen LogP) is 3.65. The van der Waals surface area contributed by atoms with Gasteiger partial charge in [0, 0.05) is 11.6 Å². The zero-order valence-corrected chi connectivity index (χ0v) is 14.7. The molecule has 1 aromatic carbocycles. The molecule has 0 radical (unpaired) electrons. The lowest BCUT2D eigenvalue weighted by atomic mass is 9.87. The summed E-state index contributed by atoms with van der Waals surface area (Å²) in [6.07, 6.45) is 6.85. The fraction of sp³-hybridized carbons (Fsp3) is 0.647. The Hall–Kier alpha value is -1.28. The first-order valence-electron chi connectivity index (χ1n) is 8.63. The Morgan fingerprint density at radius 2 is 1.76 bits per heavy atom. The van der Waals surface area contributed by atoms with Gasteiger partial charge in [-0.2, -0.15) is 21.6 Å². The first kappa shape index (κ1) is 18.5. The van der Waals surface area contributed by atoms with Gasteiger partial charge in [0.05, 0.1) is 0 Å². The fourth-order valence-corrected chi connectivity index (χ4v) is 4.24. The second-order valence-corrected chi connectivity index (χ2v) is 8.26. The van der Waals surface area contributed by atoms with Gasteiger partial charge in [0.25, 0.3) is 0 Å². The van der Waals surface area contributed by atoms with Crippen LogP contribution in [0.5, 0.6) is 5.75 Å². The lowest BCUT2D eigenvalue weighted by Crippen LogP contribution is -2.40. The van der Waals surface area contributed by atoms with E-state index in [9.17, 15) is 21.6 Å². The minimum absolute atomic E-state index is 0.186. The van der Waals surface area contributed by atoms with Crippen molar-refractivity contribution in [1.29, 1.82) is 0 Å². The number of hydrogen-bond donors (Lipinski definition) is 0. The molecule has 0 amide bonds. The van der Waals surface area contributed by atoms with Gasteiger partial charge in [-0.05, 0) is 56.8 Å². The molecule has 0 aromatic heterocycles. The average molecular weight is 377 g/mol. The fourth-order valence-electron chi connectivity index (χ4n) is 3.75. The van der Waals surface area contributed by atoms with Crippen molar-refractivity contribution in [3.8, 4) is 5.75 Å². The average Bonchev–Trinajstić information content (AvgIpc) is 2.83. The van der Waals surface area contributed by atoms with E-state index in [1.165, 1.54) is 18.9 Å². The highest BCUT2D eigenvalue weighted by Gasteiger charge is 2.49. The standard InChI is InChI=1S/C17H22F3NO3S/c18-17(19,20)25(22,23)24-16-7-5-6-13-8-9-14(12-15(13)16)21-10-3-1-2-4-11-21/h5-7,14H,1-4,8-12H2. The van der Waals surface area contributed by atoms with Crippen LogP contribution in [0.1, 0.15) is 43.2 Å². The van der Waals surface area contributed by atoms with Crippen molar-refractivity contribution < 1.29 is 25.8 Å². The van der Waals surface area contributed by atoms with E-state index >= 15 is 0 Å². The van der Waals surface area contributed by atoms with Crippen molar-refractivity contribution in [2.75, 3.05) is 13.1 Å². The summed E-state index contributed by atoms with van der Waals surface area (Å²) in [7, 11) is -5.65. The molecule has 1 heterocycles. The smallest absolute Gasteiger partial charge is 0.376 e. The second-order valence-electron chi connectivity index (χ2n) is 6.72. The highest BCUT2D eigenvalue weighted by molar-refractivity contribution is 7.88. The highest BCUT2D eigenvalue weighted by Crippen LogP contribution is 2.35. The van der Waals surface area contributed by atoms with E-state index in [0.717, 1.165) is 44.3 Å². The van der Waals surface area contributed by atoms with Crippen LogP contribution in [0.15, 0.2) is 18.2 Å². The Labute approximate surface area is 146 Å². The quantitative estimate of drug-likeness (QED) is 0.596. The number of likely N-dealkylation sites (tertiary alicyclic amines) is 1. The minimum atomic E-state index is -5.65. The third kappa shape index (κ3) is 4.11. The lowest BCUT2D eigenvalue weighted by molar-refractivity contribution is -0.0500. The number of alkyl halides is 3. The molecule has 0 saturated carbocycles. The van der Waals surface area contributed by atoms with Crippen molar-refractivity contribution in [2.24, 2.45) is 0 Å². The van der Waals surface area contributed by atoms with E-state index in [1.807, 2.05) is 6.07 Å². The zero-order chi connectivity index (χ0) is 18.1. The molecule has 1 aliphatic heterocycles. The Kier molecular flexibility index (Phi) is 5.29. The van der Waals surface area contributed by atoms with Crippen LogP contribution in [-0.4, -0.2) is 38.0 Å². The maximum absolute atomic E-state index is 12.6. The van der Waals surface area contributed by atoms with Crippen LogP contribution in [0, 0.1) is 0 Å². The van der Waals surface area contributed by atoms with Gasteiger partial charge in [-0.3, -0.25) is 0 Å². The van der Waals surface area contributed by atoms with Crippen LogP contribution >= 0.6 is 0 Å². The molecule has 1 aliphatic carbocycles. The van der Waals surface area contributed by atoms with Gasteiger partial charge in [-0.15, -0.1) is 0 Å². The molecule has 1 saturated heterocycles. The van der Waals surface area contributed by atoms with E-state index < -0.39 is 15.6 Å². The van der Waals surface area contributed by atoms with Crippen molar-refractivity contribution in [1.82, 2.24) is 4.90 Å². The van der Waals surface area contributed by atoms with Gasteiger partial charge in [0.2, 0.25) is 0 Å². The maximum atomic E-state index is 12.6. The molecule has 1 unspecified atom stereocenters. The van der Waals surface area contributed by atoms with Gasteiger partial charge >= 0.3 is 15.6 Å². The predicted molar refractivity (Wildman–Crippen MR) is 87.9 cm³/mol. The summed E-state index contributed by atoms with van der Waals surface area (Å²) in [5.41, 5.74) is -3.95. The summed E-state index contributed by atoms with van der Waals surface area (Å²) in [4.78, 5) is 2.39. The van der Waals surface area contributed by atoms with Gasteiger partial charge in [-0.25, -0.2) is 0 Å². The monoisotopic (exact) mass is 377 g/mol. The Morgan fingerprint density at radius 1 is 1.08 bits per heavy atom. The molecule has 1 fully saturated rings. The minimum Gasteiger partial charge on any atom is -0.376 e. The van der Waals surface area contributed by atoms with E-state index in [2.05, 4.69) is 9.08 Å². The third-order valence-electron chi connectivity index (χ3n) is 5.06. The SMILES string of the molecule is O=S(=O)(Oc1cccc2c1CC(N1CCCCCC1)CC2)C(F)(F)F. The number of halogens is 3. The molecule has 1 aromatic rings. The summed E-state index contributed by atoms with van der Waals surface area (Å²) in [5.74, 6) is -0.186. The number of hydrogen-bond acceptors (Lipinski definition) is 4. The molecule has 0 N–H and O–H groups in total. The van der Waals surface area contributed by atoms with Gasteiger partial charge in [0.1, 0.15) is 5.75 Å². The van der Waals surface area contributed by atoms with Gasteiger partial charge < -0.3 is 9.08 Å². The Bertz CT molecular complexity index is 710. The largest absolute Gasteiger partial charge is 0.534 e. The third-order valence-corrected chi connectivity index (χ3v) is 6.02. The van der Waals surface area contributed by atoms with Gasteiger partial charge in [-0.1, -0.05) is 25.0 Å². The molecular formula is C17H22F3NO3S. The number of aryl methyl sites for hydroxylation is 1. The molecule has 2 aliphatic rings. The topological polar surface area (TPSA) is 46.6 Å². The van der Waals surface area contributed by atoms with Crippen LogP contribution in [0.3, 0.4) is 0 Å². The molecule has 3 rings (SSSR count). The number of fused-ring (bicyclic) bond motifs is 1. The first-order valence-corrected chi connectivity index (χ1v) is 10.0. The van der Waals surface area contributed by atoms with Crippen molar-refractivity contribution >= 4 is 10.1 Å². The molecule has 0 bridgehead atoms. The highest BCUT2D eigenvalue weighted by atomic mass is 32.2. The zero-order valence-electron chi connectivity index (χ0n) is 13.9.